The maximum atomic E-state index is 11.3. The van der Waals surface area contributed by atoms with E-state index in [1.54, 1.807) is 0 Å². The molecule has 16 heavy (non-hydrogen) atoms. The van der Waals surface area contributed by atoms with E-state index in [-0.39, 0.29) is 5.92 Å². The summed E-state index contributed by atoms with van der Waals surface area (Å²) in [6.45, 7) is 3.35. The SMILES string of the molecule is O=C(O)C(CCN1CCCC1)C1CCCC1. The summed E-state index contributed by atoms with van der Waals surface area (Å²) in [6.07, 6.45) is 8.19. The third-order valence-corrected chi connectivity index (χ3v) is 4.24. The highest BCUT2D eigenvalue weighted by Crippen LogP contribution is 2.33. The maximum absolute atomic E-state index is 11.3. The van der Waals surface area contributed by atoms with Crippen molar-refractivity contribution >= 4 is 5.97 Å². The highest BCUT2D eigenvalue weighted by atomic mass is 16.4. The molecule has 0 amide bonds. The van der Waals surface area contributed by atoms with Crippen LogP contribution < -0.4 is 0 Å². The van der Waals surface area contributed by atoms with Crippen molar-refractivity contribution in [3.8, 4) is 0 Å². The van der Waals surface area contributed by atoms with Crippen LogP contribution in [-0.4, -0.2) is 35.6 Å². The molecule has 0 spiro atoms. The summed E-state index contributed by atoms with van der Waals surface area (Å²) in [5, 5.41) is 9.29. The molecule has 1 saturated heterocycles. The predicted molar refractivity (Wildman–Crippen MR) is 63.4 cm³/mol. The molecule has 0 aromatic rings. The van der Waals surface area contributed by atoms with Gasteiger partial charge in [-0.15, -0.1) is 0 Å². The summed E-state index contributed by atoms with van der Waals surface area (Å²) in [5.74, 6) is -0.186. The van der Waals surface area contributed by atoms with Crippen molar-refractivity contribution in [1.82, 2.24) is 4.90 Å². The Morgan fingerprint density at radius 1 is 1.19 bits per heavy atom. The smallest absolute Gasteiger partial charge is 0.306 e. The first-order valence-electron chi connectivity index (χ1n) is 6.72. The Kier molecular flexibility index (Phi) is 4.22. The second-order valence-corrected chi connectivity index (χ2v) is 5.33. The lowest BCUT2D eigenvalue weighted by atomic mass is 9.88. The molecule has 92 valence electrons. The zero-order valence-corrected chi connectivity index (χ0v) is 10.0. The molecule has 0 aromatic heterocycles. The molecule has 2 fully saturated rings. The molecule has 0 aromatic carbocycles. The topological polar surface area (TPSA) is 40.5 Å². The van der Waals surface area contributed by atoms with Gasteiger partial charge >= 0.3 is 5.97 Å². The van der Waals surface area contributed by atoms with Crippen molar-refractivity contribution < 1.29 is 9.90 Å². The van der Waals surface area contributed by atoms with Crippen molar-refractivity contribution in [1.29, 1.82) is 0 Å². The normalized spacial score (nSPS) is 25.0. The second kappa shape index (κ2) is 5.67. The van der Waals surface area contributed by atoms with E-state index >= 15 is 0 Å². The molecule has 1 saturated carbocycles. The van der Waals surface area contributed by atoms with Crippen LogP contribution in [0, 0.1) is 11.8 Å². The Hall–Kier alpha value is -0.570. The third-order valence-electron chi connectivity index (χ3n) is 4.24. The van der Waals surface area contributed by atoms with Crippen molar-refractivity contribution in [3.63, 3.8) is 0 Å². The molecular weight excluding hydrogens is 202 g/mol. The zero-order valence-electron chi connectivity index (χ0n) is 10.0. The third kappa shape index (κ3) is 2.97. The van der Waals surface area contributed by atoms with Gasteiger partial charge in [0.2, 0.25) is 0 Å². The summed E-state index contributed by atoms with van der Waals surface area (Å²) in [7, 11) is 0. The van der Waals surface area contributed by atoms with Gasteiger partial charge in [-0.2, -0.15) is 0 Å². The monoisotopic (exact) mass is 225 g/mol. The van der Waals surface area contributed by atoms with E-state index in [1.165, 1.54) is 38.8 Å². The van der Waals surface area contributed by atoms with Gasteiger partial charge in [-0.3, -0.25) is 4.79 Å². The number of likely N-dealkylation sites (tertiary alicyclic amines) is 1. The van der Waals surface area contributed by atoms with Crippen molar-refractivity contribution in [2.45, 2.75) is 44.9 Å². The molecule has 1 heterocycles. The van der Waals surface area contributed by atoms with E-state index < -0.39 is 5.97 Å². The number of hydrogen-bond donors (Lipinski definition) is 1. The molecule has 2 rings (SSSR count). The lowest BCUT2D eigenvalue weighted by Gasteiger charge is -2.22. The summed E-state index contributed by atoms with van der Waals surface area (Å²) >= 11 is 0. The summed E-state index contributed by atoms with van der Waals surface area (Å²) in [5.41, 5.74) is 0. The van der Waals surface area contributed by atoms with Crippen LogP contribution in [0.1, 0.15) is 44.9 Å². The van der Waals surface area contributed by atoms with Crippen molar-refractivity contribution in [2.24, 2.45) is 11.8 Å². The van der Waals surface area contributed by atoms with Gasteiger partial charge in [-0.25, -0.2) is 0 Å². The molecule has 1 atom stereocenters. The van der Waals surface area contributed by atoms with Crippen LogP contribution in [0.3, 0.4) is 0 Å². The highest BCUT2D eigenvalue weighted by Gasteiger charge is 2.30. The fourth-order valence-corrected chi connectivity index (χ4v) is 3.25. The number of rotatable bonds is 5. The predicted octanol–water partition coefficient (Wildman–Crippen LogP) is 2.36. The lowest BCUT2D eigenvalue weighted by molar-refractivity contribution is -0.144. The van der Waals surface area contributed by atoms with Gasteiger partial charge in [0.15, 0.2) is 0 Å². The Morgan fingerprint density at radius 2 is 1.81 bits per heavy atom. The minimum Gasteiger partial charge on any atom is -0.481 e. The molecular formula is C13H23NO2. The van der Waals surface area contributed by atoms with Crippen LogP contribution >= 0.6 is 0 Å². The molecule has 3 nitrogen and oxygen atoms in total. The Morgan fingerprint density at radius 3 is 2.38 bits per heavy atom. The van der Waals surface area contributed by atoms with Gasteiger partial charge in [0.05, 0.1) is 5.92 Å². The van der Waals surface area contributed by atoms with Crippen LogP contribution in [0.5, 0.6) is 0 Å². The maximum Gasteiger partial charge on any atom is 0.306 e. The van der Waals surface area contributed by atoms with Crippen LogP contribution in [0.25, 0.3) is 0 Å². The van der Waals surface area contributed by atoms with Crippen LogP contribution in [0.15, 0.2) is 0 Å². The van der Waals surface area contributed by atoms with Crippen molar-refractivity contribution in [2.75, 3.05) is 19.6 Å². The number of carboxylic acid groups (broad SMARTS) is 1. The minimum absolute atomic E-state index is 0.0805. The van der Waals surface area contributed by atoms with E-state index in [1.807, 2.05) is 0 Å². The summed E-state index contributed by atoms with van der Waals surface area (Å²) in [6, 6.07) is 0. The van der Waals surface area contributed by atoms with Gasteiger partial charge < -0.3 is 10.0 Å². The molecule has 3 heteroatoms. The van der Waals surface area contributed by atoms with Gasteiger partial charge in [0.25, 0.3) is 0 Å². The average molecular weight is 225 g/mol. The molecule has 1 unspecified atom stereocenters. The van der Waals surface area contributed by atoms with Gasteiger partial charge in [-0.1, -0.05) is 12.8 Å². The Labute approximate surface area is 97.8 Å². The van der Waals surface area contributed by atoms with E-state index in [0.717, 1.165) is 25.8 Å². The van der Waals surface area contributed by atoms with Gasteiger partial charge in [0.1, 0.15) is 0 Å². The molecule has 0 bridgehead atoms. The number of nitrogens with zero attached hydrogens (tertiary/aromatic N) is 1. The van der Waals surface area contributed by atoms with Crippen LogP contribution in [-0.2, 0) is 4.79 Å². The van der Waals surface area contributed by atoms with Crippen LogP contribution in [0.4, 0.5) is 0 Å². The van der Waals surface area contributed by atoms with Gasteiger partial charge in [0, 0.05) is 0 Å². The standard InChI is InChI=1S/C13H23NO2/c15-13(16)12(11-5-1-2-6-11)7-10-14-8-3-4-9-14/h11-12H,1-10H2,(H,15,16). The largest absolute Gasteiger partial charge is 0.481 e. The molecule has 1 aliphatic heterocycles. The van der Waals surface area contributed by atoms with E-state index in [0.29, 0.717) is 5.92 Å². The fourth-order valence-electron chi connectivity index (χ4n) is 3.25. The Balaban J connectivity index is 1.79. The van der Waals surface area contributed by atoms with E-state index in [9.17, 15) is 9.90 Å². The number of aliphatic carboxylic acids is 1. The highest BCUT2D eigenvalue weighted by molar-refractivity contribution is 5.70. The summed E-state index contributed by atoms with van der Waals surface area (Å²) in [4.78, 5) is 13.7. The first kappa shape index (κ1) is 11.9. The average Bonchev–Trinajstić information content (AvgIpc) is 2.88. The minimum atomic E-state index is -0.564. The van der Waals surface area contributed by atoms with E-state index in [4.69, 9.17) is 0 Å². The lowest BCUT2D eigenvalue weighted by Crippen LogP contribution is -2.28. The summed E-state index contributed by atoms with van der Waals surface area (Å²) < 4.78 is 0. The fraction of sp³-hybridized carbons (Fsp3) is 0.923. The van der Waals surface area contributed by atoms with E-state index in [2.05, 4.69) is 4.90 Å². The molecule has 2 aliphatic rings. The van der Waals surface area contributed by atoms with Crippen LogP contribution in [0.2, 0.25) is 0 Å². The molecule has 1 N–H and O–H groups in total. The number of carbonyl (C=O) groups is 1. The molecule has 0 radical (unpaired) electrons. The quantitative estimate of drug-likeness (QED) is 0.781. The second-order valence-electron chi connectivity index (χ2n) is 5.33. The number of hydrogen-bond acceptors (Lipinski definition) is 2. The van der Waals surface area contributed by atoms with Crippen molar-refractivity contribution in [3.05, 3.63) is 0 Å². The first-order chi connectivity index (χ1) is 7.77. The first-order valence-corrected chi connectivity index (χ1v) is 6.72. The molecule has 1 aliphatic carbocycles. The number of carboxylic acids is 1. The zero-order chi connectivity index (χ0) is 11.4. The Bertz CT molecular complexity index is 230. The van der Waals surface area contributed by atoms with Gasteiger partial charge in [-0.05, 0) is 57.7 Å².